The highest BCUT2D eigenvalue weighted by atomic mass is 32.2. The first-order valence-electron chi connectivity index (χ1n) is 5.12. The van der Waals surface area contributed by atoms with Gasteiger partial charge in [-0.15, -0.1) is 0 Å². The minimum Gasteiger partial charge on any atom is -0.319 e. The van der Waals surface area contributed by atoms with E-state index in [1.807, 2.05) is 25.2 Å². The van der Waals surface area contributed by atoms with E-state index in [1.165, 1.54) is 10.6 Å². The van der Waals surface area contributed by atoms with Crippen LogP contribution in [0, 0.1) is 0 Å². The van der Waals surface area contributed by atoms with Crippen molar-refractivity contribution in [3.8, 4) is 0 Å². The summed E-state index contributed by atoms with van der Waals surface area (Å²) in [5.41, 5.74) is 1.83. The zero-order chi connectivity index (χ0) is 12.2. The molecule has 0 saturated heterocycles. The van der Waals surface area contributed by atoms with Gasteiger partial charge in [0.15, 0.2) is 0 Å². The molecule has 0 atom stereocenters. The predicted molar refractivity (Wildman–Crippen MR) is 67.3 cm³/mol. The Labute approximate surface area is 97.3 Å². The first-order valence-corrected chi connectivity index (χ1v) is 6.97. The molecule has 1 aromatic carbocycles. The van der Waals surface area contributed by atoms with Crippen LogP contribution in [0.15, 0.2) is 24.3 Å². The average molecular weight is 242 g/mol. The van der Waals surface area contributed by atoms with E-state index < -0.39 is 10.0 Å². The lowest BCUT2D eigenvalue weighted by atomic mass is 10.1. The highest BCUT2D eigenvalue weighted by molar-refractivity contribution is 7.92. The van der Waals surface area contributed by atoms with Crippen LogP contribution in [0.3, 0.4) is 0 Å². The van der Waals surface area contributed by atoms with Crippen molar-refractivity contribution in [1.29, 1.82) is 0 Å². The van der Waals surface area contributed by atoms with Crippen LogP contribution >= 0.6 is 0 Å². The molecule has 0 bridgehead atoms. The van der Waals surface area contributed by atoms with Crippen LogP contribution in [0.1, 0.15) is 5.56 Å². The molecule has 1 rings (SSSR count). The van der Waals surface area contributed by atoms with Gasteiger partial charge < -0.3 is 5.32 Å². The molecule has 90 valence electrons. The van der Waals surface area contributed by atoms with E-state index in [1.54, 1.807) is 13.1 Å². The SMILES string of the molecule is CNCCc1cccc(N(C)S(C)(=O)=O)c1. The number of rotatable bonds is 5. The minimum absolute atomic E-state index is 0.705. The molecule has 0 aliphatic carbocycles. The van der Waals surface area contributed by atoms with Gasteiger partial charge in [0.05, 0.1) is 11.9 Å². The van der Waals surface area contributed by atoms with Gasteiger partial charge >= 0.3 is 0 Å². The van der Waals surface area contributed by atoms with Gasteiger partial charge in [0.1, 0.15) is 0 Å². The Morgan fingerprint density at radius 1 is 1.38 bits per heavy atom. The van der Waals surface area contributed by atoms with Crippen LogP contribution in [0.4, 0.5) is 5.69 Å². The van der Waals surface area contributed by atoms with E-state index in [2.05, 4.69) is 5.32 Å². The Bertz CT molecular complexity index is 443. The molecule has 0 unspecified atom stereocenters. The molecular weight excluding hydrogens is 224 g/mol. The number of hydrogen-bond donors (Lipinski definition) is 1. The van der Waals surface area contributed by atoms with Crippen LogP contribution in [0.25, 0.3) is 0 Å². The van der Waals surface area contributed by atoms with Crippen molar-refractivity contribution < 1.29 is 8.42 Å². The maximum absolute atomic E-state index is 11.4. The second-order valence-corrected chi connectivity index (χ2v) is 5.77. The summed E-state index contributed by atoms with van der Waals surface area (Å²) < 4.78 is 24.0. The highest BCUT2D eigenvalue weighted by Gasteiger charge is 2.11. The Kier molecular flexibility index (Phi) is 4.32. The number of nitrogens with one attached hydrogen (secondary N) is 1. The number of likely N-dealkylation sites (N-methyl/N-ethyl adjacent to an activating group) is 1. The van der Waals surface area contributed by atoms with Gasteiger partial charge in [-0.25, -0.2) is 8.42 Å². The largest absolute Gasteiger partial charge is 0.319 e. The molecule has 0 aromatic heterocycles. The van der Waals surface area contributed by atoms with Crippen molar-refractivity contribution in [2.45, 2.75) is 6.42 Å². The lowest BCUT2D eigenvalue weighted by molar-refractivity contribution is 0.600. The number of anilines is 1. The summed E-state index contributed by atoms with van der Waals surface area (Å²) in [6.45, 7) is 0.881. The first-order chi connectivity index (χ1) is 7.45. The van der Waals surface area contributed by atoms with E-state index >= 15 is 0 Å². The van der Waals surface area contributed by atoms with Crippen molar-refractivity contribution in [1.82, 2.24) is 5.32 Å². The van der Waals surface area contributed by atoms with Gasteiger partial charge in [0.2, 0.25) is 10.0 Å². The molecule has 5 heteroatoms. The topological polar surface area (TPSA) is 49.4 Å². The van der Waals surface area contributed by atoms with E-state index in [9.17, 15) is 8.42 Å². The van der Waals surface area contributed by atoms with Gasteiger partial charge in [-0.3, -0.25) is 4.31 Å². The molecule has 0 aliphatic heterocycles. The third kappa shape index (κ3) is 3.50. The van der Waals surface area contributed by atoms with Crippen LogP contribution in [0.2, 0.25) is 0 Å². The van der Waals surface area contributed by atoms with Gasteiger partial charge in [-0.1, -0.05) is 12.1 Å². The van der Waals surface area contributed by atoms with Gasteiger partial charge in [-0.05, 0) is 37.7 Å². The summed E-state index contributed by atoms with van der Waals surface area (Å²) >= 11 is 0. The quantitative estimate of drug-likeness (QED) is 0.832. The molecule has 4 nitrogen and oxygen atoms in total. The normalized spacial score (nSPS) is 11.4. The molecule has 0 amide bonds. The molecule has 1 aromatic rings. The fourth-order valence-corrected chi connectivity index (χ4v) is 1.87. The molecule has 0 heterocycles. The van der Waals surface area contributed by atoms with Gasteiger partial charge in [0.25, 0.3) is 0 Å². The molecule has 0 spiro atoms. The monoisotopic (exact) mass is 242 g/mol. The summed E-state index contributed by atoms with van der Waals surface area (Å²) in [6.07, 6.45) is 2.09. The highest BCUT2D eigenvalue weighted by Crippen LogP contribution is 2.17. The first kappa shape index (κ1) is 13.0. The van der Waals surface area contributed by atoms with Crippen LogP contribution in [0.5, 0.6) is 0 Å². The van der Waals surface area contributed by atoms with E-state index in [0.29, 0.717) is 5.69 Å². The van der Waals surface area contributed by atoms with E-state index in [4.69, 9.17) is 0 Å². The van der Waals surface area contributed by atoms with Gasteiger partial charge in [-0.2, -0.15) is 0 Å². The zero-order valence-electron chi connectivity index (χ0n) is 9.90. The second kappa shape index (κ2) is 5.32. The molecule has 0 saturated carbocycles. The van der Waals surface area contributed by atoms with Crippen LogP contribution in [-0.2, 0) is 16.4 Å². The molecule has 0 aliphatic rings. The third-order valence-corrected chi connectivity index (χ3v) is 3.64. The maximum Gasteiger partial charge on any atom is 0.231 e. The third-order valence-electron chi connectivity index (χ3n) is 2.44. The van der Waals surface area contributed by atoms with Crippen molar-refractivity contribution >= 4 is 15.7 Å². The maximum atomic E-state index is 11.4. The van der Waals surface area contributed by atoms with Crippen molar-refractivity contribution in [2.24, 2.45) is 0 Å². The van der Waals surface area contributed by atoms with Gasteiger partial charge in [0, 0.05) is 7.05 Å². The fourth-order valence-electron chi connectivity index (χ4n) is 1.37. The standard InChI is InChI=1S/C11H18N2O2S/c1-12-8-7-10-5-4-6-11(9-10)13(2)16(3,14)15/h4-6,9,12H,7-8H2,1-3H3. The van der Waals surface area contributed by atoms with Crippen LogP contribution < -0.4 is 9.62 Å². The number of benzene rings is 1. The number of nitrogens with zero attached hydrogens (tertiary/aromatic N) is 1. The number of sulfonamides is 1. The molecule has 16 heavy (non-hydrogen) atoms. The van der Waals surface area contributed by atoms with Crippen molar-refractivity contribution in [3.05, 3.63) is 29.8 Å². The smallest absolute Gasteiger partial charge is 0.231 e. The molecule has 1 N–H and O–H groups in total. The summed E-state index contributed by atoms with van der Waals surface area (Å²) in [6, 6.07) is 7.57. The Morgan fingerprint density at radius 3 is 2.62 bits per heavy atom. The van der Waals surface area contributed by atoms with E-state index in [0.717, 1.165) is 18.5 Å². The second-order valence-electron chi connectivity index (χ2n) is 3.75. The summed E-state index contributed by atoms with van der Waals surface area (Å²) in [5.74, 6) is 0. The summed E-state index contributed by atoms with van der Waals surface area (Å²) in [7, 11) is 0.282. The average Bonchev–Trinajstić information content (AvgIpc) is 2.24. The van der Waals surface area contributed by atoms with Crippen molar-refractivity contribution in [3.63, 3.8) is 0 Å². The molecule has 0 fully saturated rings. The molecular formula is C11H18N2O2S. The lowest BCUT2D eigenvalue weighted by Crippen LogP contribution is -2.24. The predicted octanol–water partition coefficient (Wildman–Crippen LogP) is 0.844. The number of hydrogen-bond acceptors (Lipinski definition) is 3. The lowest BCUT2D eigenvalue weighted by Gasteiger charge is -2.17. The Morgan fingerprint density at radius 2 is 2.06 bits per heavy atom. The zero-order valence-corrected chi connectivity index (χ0v) is 10.7. The fraction of sp³-hybridized carbons (Fsp3) is 0.455. The Hall–Kier alpha value is -1.07. The van der Waals surface area contributed by atoms with Crippen LogP contribution in [-0.4, -0.2) is 35.3 Å². The Balaban J connectivity index is 2.90. The van der Waals surface area contributed by atoms with E-state index in [-0.39, 0.29) is 0 Å². The summed E-state index contributed by atoms with van der Waals surface area (Å²) in [4.78, 5) is 0. The molecule has 0 radical (unpaired) electrons. The summed E-state index contributed by atoms with van der Waals surface area (Å²) in [5, 5.41) is 3.06. The van der Waals surface area contributed by atoms with Crippen molar-refractivity contribution in [2.75, 3.05) is 31.2 Å². The minimum atomic E-state index is -3.18.